The Bertz CT molecular complexity index is 838. The van der Waals surface area contributed by atoms with Gasteiger partial charge in [-0.05, 0) is 30.3 Å². The van der Waals surface area contributed by atoms with Gasteiger partial charge in [0.1, 0.15) is 11.5 Å². The van der Waals surface area contributed by atoms with Gasteiger partial charge >= 0.3 is 0 Å². The van der Waals surface area contributed by atoms with Crippen molar-refractivity contribution in [2.75, 3.05) is 19.5 Å². The van der Waals surface area contributed by atoms with Crippen molar-refractivity contribution in [1.29, 1.82) is 0 Å². The molecule has 0 aliphatic heterocycles. The predicted molar refractivity (Wildman–Crippen MR) is 93.7 cm³/mol. The first kappa shape index (κ1) is 15.7. The van der Waals surface area contributed by atoms with E-state index in [0.29, 0.717) is 11.3 Å². The minimum atomic E-state index is -0.192. The average molecular weight is 322 g/mol. The minimum absolute atomic E-state index is 0.192. The maximum Gasteiger partial charge on any atom is 0.257 e. The summed E-state index contributed by atoms with van der Waals surface area (Å²) in [5.41, 5.74) is 2.91. The van der Waals surface area contributed by atoms with Crippen LogP contribution in [0.15, 0.2) is 60.9 Å². The number of para-hydroxylation sites is 1. The van der Waals surface area contributed by atoms with E-state index >= 15 is 0 Å². The number of methoxy groups -OCH3 is 2. The number of carbonyl (C=O) groups is 1. The van der Waals surface area contributed by atoms with E-state index in [1.54, 1.807) is 50.9 Å². The Morgan fingerprint density at radius 1 is 0.917 bits per heavy atom. The van der Waals surface area contributed by atoms with Crippen molar-refractivity contribution in [2.45, 2.75) is 0 Å². The summed E-state index contributed by atoms with van der Waals surface area (Å²) in [4.78, 5) is 15.6. The molecule has 3 aromatic rings. The average Bonchev–Trinajstić information content (AvgIpc) is 3.12. The maximum atomic E-state index is 12.6. The van der Waals surface area contributed by atoms with E-state index in [0.717, 1.165) is 22.6 Å². The molecular weight excluding hydrogens is 304 g/mol. The summed E-state index contributed by atoms with van der Waals surface area (Å²) in [6, 6.07) is 14.8. The predicted octanol–water partition coefficient (Wildman–Crippen LogP) is 3.95. The number of H-pyrrole nitrogens is 1. The minimum Gasteiger partial charge on any atom is -0.497 e. The molecule has 0 spiro atoms. The highest BCUT2D eigenvalue weighted by Gasteiger charge is 2.16. The van der Waals surface area contributed by atoms with E-state index in [4.69, 9.17) is 9.47 Å². The third-order valence-electron chi connectivity index (χ3n) is 3.74. The molecule has 0 fully saturated rings. The van der Waals surface area contributed by atoms with Crippen molar-refractivity contribution < 1.29 is 14.3 Å². The highest BCUT2D eigenvalue weighted by molar-refractivity contribution is 6.09. The van der Waals surface area contributed by atoms with E-state index in [-0.39, 0.29) is 5.91 Å². The van der Waals surface area contributed by atoms with Crippen molar-refractivity contribution in [3.05, 3.63) is 66.5 Å². The molecule has 0 aliphatic carbocycles. The van der Waals surface area contributed by atoms with Crippen LogP contribution in [0.1, 0.15) is 10.4 Å². The summed E-state index contributed by atoms with van der Waals surface area (Å²) in [7, 11) is 3.22. The van der Waals surface area contributed by atoms with E-state index in [1.165, 1.54) is 0 Å². The van der Waals surface area contributed by atoms with Crippen LogP contribution < -0.4 is 14.8 Å². The van der Waals surface area contributed by atoms with Crippen molar-refractivity contribution >= 4 is 11.6 Å². The van der Waals surface area contributed by atoms with Crippen LogP contribution in [0.3, 0.4) is 0 Å². The molecule has 0 aliphatic rings. The summed E-state index contributed by atoms with van der Waals surface area (Å²) in [5.74, 6) is 1.27. The van der Waals surface area contributed by atoms with Gasteiger partial charge in [-0.3, -0.25) is 4.79 Å². The zero-order valence-electron chi connectivity index (χ0n) is 13.5. The van der Waals surface area contributed by atoms with Crippen LogP contribution in [0.5, 0.6) is 11.5 Å². The number of benzene rings is 2. The molecule has 5 nitrogen and oxygen atoms in total. The van der Waals surface area contributed by atoms with Gasteiger partial charge < -0.3 is 19.8 Å². The second kappa shape index (κ2) is 6.91. The second-order valence-electron chi connectivity index (χ2n) is 5.17. The van der Waals surface area contributed by atoms with Gasteiger partial charge in [-0.1, -0.05) is 18.2 Å². The van der Waals surface area contributed by atoms with Crippen molar-refractivity contribution in [1.82, 2.24) is 4.98 Å². The lowest BCUT2D eigenvalue weighted by Crippen LogP contribution is -2.12. The van der Waals surface area contributed by atoms with Gasteiger partial charge in [0, 0.05) is 29.2 Å². The molecule has 1 aromatic heterocycles. The van der Waals surface area contributed by atoms with Crippen LogP contribution in [0, 0.1) is 0 Å². The fraction of sp³-hybridized carbons (Fsp3) is 0.105. The van der Waals surface area contributed by atoms with Crippen LogP contribution in [0.4, 0.5) is 5.69 Å². The molecule has 1 amide bonds. The van der Waals surface area contributed by atoms with Crippen LogP contribution in [0.2, 0.25) is 0 Å². The quantitative estimate of drug-likeness (QED) is 0.747. The second-order valence-corrected chi connectivity index (χ2v) is 5.17. The first-order valence-electron chi connectivity index (χ1n) is 7.48. The van der Waals surface area contributed by atoms with Gasteiger partial charge in [0.05, 0.1) is 19.8 Å². The number of hydrogen-bond acceptors (Lipinski definition) is 3. The first-order valence-corrected chi connectivity index (χ1v) is 7.48. The number of amides is 1. The number of aromatic nitrogens is 1. The third-order valence-corrected chi connectivity index (χ3v) is 3.74. The Morgan fingerprint density at radius 3 is 2.38 bits per heavy atom. The summed E-state index contributed by atoms with van der Waals surface area (Å²) in [6.45, 7) is 0. The smallest absolute Gasteiger partial charge is 0.257 e. The molecule has 0 radical (unpaired) electrons. The van der Waals surface area contributed by atoms with Crippen molar-refractivity contribution in [3.63, 3.8) is 0 Å². The molecule has 1 heterocycles. The van der Waals surface area contributed by atoms with Gasteiger partial charge in [-0.2, -0.15) is 0 Å². The van der Waals surface area contributed by atoms with Crippen molar-refractivity contribution in [2.24, 2.45) is 0 Å². The van der Waals surface area contributed by atoms with E-state index in [1.807, 2.05) is 24.3 Å². The Labute approximate surface area is 140 Å². The van der Waals surface area contributed by atoms with Gasteiger partial charge in [0.2, 0.25) is 0 Å². The molecule has 0 saturated carbocycles. The lowest BCUT2D eigenvalue weighted by molar-refractivity contribution is 0.102. The lowest BCUT2D eigenvalue weighted by atomic mass is 10.0. The summed E-state index contributed by atoms with van der Waals surface area (Å²) < 4.78 is 10.5. The largest absolute Gasteiger partial charge is 0.497 e. The molecule has 2 N–H and O–H groups in total. The number of carbonyl (C=O) groups excluding carboxylic acids is 1. The van der Waals surface area contributed by atoms with Gasteiger partial charge in [0.15, 0.2) is 0 Å². The Balaban J connectivity index is 1.87. The van der Waals surface area contributed by atoms with Crippen LogP contribution >= 0.6 is 0 Å². The zero-order chi connectivity index (χ0) is 16.9. The van der Waals surface area contributed by atoms with E-state index in [9.17, 15) is 4.79 Å². The number of ether oxygens (including phenoxy) is 2. The Kier molecular flexibility index (Phi) is 4.52. The molecule has 0 saturated heterocycles. The molecule has 0 unspecified atom stereocenters. The Morgan fingerprint density at radius 2 is 1.67 bits per heavy atom. The highest BCUT2D eigenvalue weighted by Crippen LogP contribution is 2.32. The Hall–Kier alpha value is -3.21. The number of aromatic amines is 1. The van der Waals surface area contributed by atoms with Gasteiger partial charge in [-0.25, -0.2) is 0 Å². The molecule has 122 valence electrons. The number of rotatable bonds is 5. The fourth-order valence-corrected chi connectivity index (χ4v) is 2.51. The van der Waals surface area contributed by atoms with Crippen LogP contribution in [-0.4, -0.2) is 25.1 Å². The fourth-order valence-electron chi connectivity index (χ4n) is 2.51. The highest BCUT2D eigenvalue weighted by atomic mass is 16.5. The standard InChI is InChI=1S/C19H18N2O3/c1-23-14-9-7-13(8-10-14)21-19(22)17-12-20-11-16(17)15-5-3-4-6-18(15)24-2/h3-12,20H,1-2H3,(H,21,22). The summed E-state index contributed by atoms with van der Waals surface area (Å²) in [6.07, 6.45) is 3.47. The van der Waals surface area contributed by atoms with E-state index < -0.39 is 0 Å². The summed E-state index contributed by atoms with van der Waals surface area (Å²) >= 11 is 0. The first-order chi connectivity index (χ1) is 11.7. The summed E-state index contributed by atoms with van der Waals surface area (Å²) in [5, 5.41) is 2.89. The monoisotopic (exact) mass is 322 g/mol. The molecule has 0 atom stereocenters. The maximum absolute atomic E-state index is 12.6. The molecule has 2 aromatic carbocycles. The topological polar surface area (TPSA) is 63.3 Å². The molecule has 5 heteroatoms. The SMILES string of the molecule is COc1ccc(NC(=O)c2c[nH]cc2-c2ccccc2OC)cc1. The molecule has 3 rings (SSSR count). The van der Waals surface area contributed by atoms with Gasteiger partial charge in [-0.15, -0.1) is 0 Å². The van der Waals surface area contributed by atoms with Crippen LogP contribution in [-0.2, 0) is 0 Å². The number of nitrogens with one attached hydrogen (secondary N) is 2. The zero-order valence-corrected chi connectivity index (χ0v) is 13.5. The molecule has 0 bridgehead atoms. The number of anilines is 1. The third kappa shape index (κ3) is 3.10. The number of hydrogen-bond donors (Lipinski definition) is 2. The van der Waals surface area contributed by atoms with Gasteiger partial charge in [0.25, 0.3) is 5.91 Å². The molecule has 24 heavy (non-hydrogen) atoms. The molecular formula is C19H18N2O3. The van der Waals surface area contributed by atoms with Crippen molar-refractivity contribution in [3.8, 4) is 22.6 Å². The lowest BCUT2D eigenvalue weighted by Gasteiger charge is -2.10. The normalized spacial score (nSPS) is 10.2. The van der Waals surface area contributed by atoms with E-state index in [2.05, 4.69) is 10.3 Å². The van der Waals surface area contributed by atoms with Crippen LogP contribution in [0.25, 0.3) is 11.1 Å².